The molecule has 0 heterocycles. The first kappa shape index (κ1) is 23.3. The van der Waals surface area contributed by atoms with Gasteiger partial charge in [0.25, 0.3) is 11.8 Å². The van der Waals surface area contributed by atoms with Crippen molar-refractivity contribution in [3.05, 3.63) is 63.6 Å². The number of nitrogens with one attached hydrogen (secondary N) is 3. The van der Waals surface area contributed by atoms with Gasteiger partial charge in [-0.2, -0.15) is 0 Å². The number of thiocarbonyl (C=S) groups is 1. The molecule has 0 unspecified atom stereocenters. The van der Waals surface area contributed by atoms with Crippen molar-refractivity contribution in [2.75, 3.05) is 13.7 Å². The summed E-state index contributed by atoms with van der Waals surface area (Å²) in [5.74, 6) is -1.08. The Kier molecular flexibility index (Phi) is 8.75. The average Bonchev–Trinajstić information content (AvgIpc) is 2.76. The molecule has 0 aliphatic heterocycles. The summed E-state index contributed by atoms with van der Waals surface area (Å²) < 4.78 is 10.8. The molecular formula is C20H20BrN3O5S. The summed E-state index contributed by atoms with van der Waals surface area (Å²) in [5, 5.41) is 2.28. The van der Waals surface area contributed by atoms with Gasteiger partial charge in [0.2, 0.25) is 0 Å². The lowest BCUT2D eigenvalue weighted by Crippen LogP contribution is -2.49. The Morgan fingerprint density at radius 3 is 2.47 bits per heavy atom. The minimum atomic E-state index is -0.561. The molecule has 0 atom stereocenters. The minimum Gasteiger partial charge on any atom is -0.483 e. The topological polar surface area (TPSA) is 106 Å². The van der Waals surface area contributed by atoms with Crippen LogP contribution in [0.15, 0.2) is 46.9 Å². The number of aryl methyl sites for hydroxylation is 1. The molecule has 3 N–H and O–H groups in total. The summed E-state index contributed by atoms with van der Waals surface area (Å²) in [6.07, 6.45) is 0.888. The zero-order valence-electron chi connectivity index (χ0n) is 16.3. The standard InChI is InChI=1S/C20H20BrN3O5S/c1-3-12-7-8-16(15(21)9-12)29-11-17(25)23-24-20(30)22-18(26)13-5-4-6-14(10-13)19(27)28-2/h4-10H,3,11H2,1-2H3,(H,23,25)(H2,22,24,26,30). The van der Waals surface area contributed by atoms with E-state index in [1.54, 1.807) is 12.1 Å². The molecule has 0 saturated carbocycles. The van der Waals surface area contributed by atoms with Crippen LogP contribution in [-0.4, -0.2) is 36.6 Å². The Hall–Kier alpha value is -2.98. The van der Waals surface area contributed by atoms with Crippen molar-refractivity contribution in [3.8, 4) is 5.75 Å². The molecule has 10 heteroatoms. The van der Waals surface area contributed by atoms with E-state index in [1.165, 1.54) is 25.3 Å². The lowest BCUT2D eigenvalue weighted by Gasteiger charge is -2.12. The van der Waals surface area contributed by atoms with Crippen LogP contribution in [0, 0.1) is 0 Å². The van der Waals surface area contributed by atoms with E-state index in [0.29, 0.717) is 5.75 Å². The second kappa shape index (κ2) is 11.3. The summed E-state index contributed by atoms with van der Waals surface area (Å²) in [4.78, 5) is 35.7. The second-order valence-corrected chi connectivity index (χ2v) is 7.20. The second-order valence-electron chi connectivity index (χ2n) is 5.94. The van der Waals surface area contributed by atoms with Gasteiger partial charge in [-0.05, 0) is 70.5 Å². The van der Waals surface area contributed by atoms with Gasteiger partial charge in [-0.3, -0.25) is 25.8 Å². The number of rotatable bonds is 6. The van der Waals surface area contributed by atoms with E-state index < -0.39 is 17.8 Å². The highest BCUT2D eigenvalue weighted by Crippen LogP contribution is 2.26. The predicted octanol–water partition coefficient (Wildman–Crippen LogP) is 2.51. The molecule has 2 amide bonds. The van der Waals surface area contributed by atoms with Gasteiger partial charge >= 0.3 is 5.97 Å². The molecule has 158 valence electrons. The number of hydrogen-bond acceptors (Lipinski definition) is 6. The molecule has 0 radical (unpaired) electrons. The van der Waals surface area contributed by atoms with E-state index in [0.717, 1.165) is 16.5 Å². The van der Waals surface area contributed by atoms with Gasteiger partial charge in [0.15, 0.2) is 11.7 Å². The van der Waals surface area contributed by atoms with E-state index in [4.69, 9.17) is 17.0 Å². The maximum absolute atomic E-state index is 12.2. The summed E-state index contributed by atoms with van der Waals surface area (Å²) in [6, 6.07) is 11.6. The fraction of sp³-hybridized carbons (Fsp3) is 0.200. The third-order valence-electron chi connectivity index (χ3n) is 3.85. The Morgan fingerprint density at radius 2 is 1.80 bits per heavy atom. The predicted molar refractivity (Wildman–Crippen MR) is 118 cm³/mol. The van der Waals surface area contributed by atoms with Crippen molar-refractivity contribution in [3.63, 3.8) is 0 Å². The van der Waals surface area contributed by atoms with Crippen LogP contribution < -0.4 is 20.9 Å². The number of hydrazine groups is 1. The summed E-state index contributed by atoms with van der Waals surface area (Å²) in [7, 11) is 1.25. The van der Waals surface area contributed by atoms with Gasteiger partial charge < -0.3 is 9.47 Å². The summed E-state index contributed by atoms with van der Waals surface area (Å²) in [6.45, 7) is 1.79. The molecule has 2 rings (SSSR count). The molecule has 0 aliphatic rings. The van der Waals surface area contributed by atoms with Crippen LogP contribution in [0.4, 0.5) is 0 Å². The van der Waals surface area contributed by atoms with E-state index in [-0.39, 0.29) is 22.8 Å². The van der Waals surface area contributed by atoms with Crippen LogP contribution in [-0.2, 0) is 16.0 Å². The Labute approximate surface area is 187 Å². The molecule has 0 spiro atoms. The molecule has 0 aromatic heterocycles. The number of carbonyl (C=O) groups excluding carboxylic acids is 3. The first-order chi connectivity index (χ1) is 14.3. The van der Waals surface area contributed by atoms with Crippen molar-refractivity contribution in [2.45, 2.75) is 13.3 Å². The Bertz CT molecular complexity index is 967. The van der Waals surface area contributed by atoms with Gasteiger partial charge in [0.1, 0.15) is 5.75 Å². The maximum atomic E-state index is 12.2. The molecular weight excluding hydrogens is 474 g/mol. The molecule has 0 fully saturated rings. The van der Waals surface area contributed by atoms with Gasteiger partial charge in [-0.1, -0.05) is 19.1 Å². The van der Waals surface area contributed by atoms with Crippen molar-refractivity contribution in [2.24, 2.45) is 0 Å². The van der Waals surface area contributed by atoms with Gasteiger partial charge in [0, 0.05) is 5.56 Å². The number of hydrogen-bond donors (Lipinski definition) is 3. The van der Waals surface area contributed by atoms with Crippen molar-refractivity contribution in [1.82, 2.24) is 16.2 Å². The summed E-state index contributed by atoms with van der Waals surface area (Å²) >= 11 is 8.38. The third kappa shape index (κ3) is 6.82. The maximum Gasteiger partial charge on any atom is 0.337 e. The number of carbonyl (C=O) groups is 3. The monoisotopic (exact) mass is 493 g/mol. The van der Waals surface area contributed by atoms with Crippen LogP contribution in [0.5, 0.6) is 5.75 Å². The van der Waals surface area contributed by atoms with Crippen molar-refractivity contribution >= 4 is 51.0 Å². The van der Waals surface area contributed by atoms with Gasteiger partial charge in [-0.15, -0.1) is 0 Å². The van der Waals surface area contributed by atoms with Gasteiger partial charge in [-0.25, -0.2) is 4.79 Å². The molecule has 0 aliphatic carbocycles. The quantitative estimate of drug-likeness (QED) is 0.322. The third-order valence-corrected chi connectivity index (χ3v) is 4.68. The van der Waals surface area contributed by atoms with E-state index in [9.17, 15) is 14.4 Å². The zero-order valence-corrected chi connectivity index (χ0v) is 18.7. The molecule has 2 aromatic rings. The highest BCUT2D eigenvalue weighted by Gasteiger charge is 2.12. The van der Waals surface area contributed by atoms with Crippen LogP contribution in [0.3, 0.4) is 0 Å². The van der Waals surface area contributed by atoms with Crippen molar-refractivity contribution in [1.29, 1.82) is 0 Å². The zero-order chi connectivity index (χ0) is 22.1. The number of amides is 2. The molecule has 0 saturated heterocycles. The van der Waals surface area contributed by atoms with Crippen LogP contribution in [0.2, 0.25) is 0 Å². The largest absolute Gasteiger partial charge is 0.483 e. The lowest BCUT2D eigenvalue weighted by atomic mass is 10.1. The minimum absolute atomic E-state index is 0.120. The molecule has 2 aromatic carbocycles. The molecule has 8 nitrogen and oxygen atoms in total. The molecule has 0 bridgehead atoms. The lowest BCUT2D eigenvalue weighted by molar-refractivity contribution is -0.123. The number of halogens is 1. The number of benzene rings is 2. The van der Waals surface area contributed by atoms with E-state index in [1.807, 2.05) is 19.1 Å². The summed E-state index contributed by atoms with van der Waals surface area (Å²) in [5.41, 5.74) is 6.32. The Balaban J connectivity index is 1.80. The van der Waals surface area contributed by atoms with Crippen LogP contribution in [0.25, 0.3) is 0 Å². The fourth-order valence-corrected chi connectivity index (χ4v) is 2.98. The number of ether oxygens (including phenoxy) is 2. The SMILES string of the molecule is CCc1ccc(OCC(=O)NNC(=S)NC(=O)c2cccc(C(=O)OC)c2)c(Br)c1. The van der Waals surface area contributed by atoms with E-state index in [2.05, 4.69) is 36.8 Å². The highest BCUT2D eigenvalue weighted by atomic mass is 79.9. The molecule has 30 heavy (non-hydrogen) atoms. The highest BCUT2D eigenvalue weighted by molar-refractivity contribution is 9.10. The smallest absolute Gasteiger partial charge is 0.337 e. The van der Waals surface area contributed by atoms with Crippen LogP contribution >= 0.6 is 28.1 Å². The number of esters is 1. The Morgan fingerprint density at radius 1 is 1.07 bits per heavy atom. The fourth-order valence-electron chi connectivity index (χ4n) is 2.30. The normalized spacial score (nSPS) is 9.97. The van der Waals surface area contributed by atoms with E-state index >= 15 is 0 Å². The number of methoxy groups -OCH3 is 1. The van der Waals surface area contributed by atoms with Crippen molar-refractivity contribution < 1.29 is 23.9 Å². The van der Waals surface area contributed by atoms with Gasteiger partial charge in [0.05, 0.1) is 17.1 Å². The van der Waals surface area contributed by atoms with Crippen LogP contribution in [0.1, 0.15) is 33.2 Å². The average molecular weight is 494 g/mol. The first-order valence-electron chi connectivity index (χ1n) is 8.83. The first-order valence-corrected chi connectivity index (χ1v) is 10.0.